The molecule has 0 atom stereocenters. The van der Waals surface area contributed by atoms with Crippen LogP contribution in [-0.2, 0) is 11.2 Å². The fourth-order valence-electron chi connectivity index (χ4n) is 2.24. The van der Waals surface area contributed by atoms with Crippen molar-refractivity contribution in [2.75, 3.05) is 11.5 Å². The van der Waals surface area contributed by atoms with Crippen molar-refractivity contribution in [1.29, 1.82) is 0 Å². The number of carboxylic acid groups (broad SMARTS) is 1. The molecule has 0 spiro atoms. The minimum absolute atomic E-state index is 0.222. The summed E-state index contributed by atoms with van der Waals surface area (Å²) in [5.41, 5.74) is 2.55. The van der Waals surface area contributed by atoms with E-state index in [4.69, 9.17) is 5.11 Å². The first kappa shape index (κ1) is 12.5. The highest BCUT2D eigenvalue weighted by atomic mass is 32.2. The van der Waals surface area contributed by atoms with Crippen LogP contribution in [0, 0.1) is 0 Å². The molecule has 3 heteroatoms. The molecule has 0 aliphatic carbocycles. The van der Waals surface area contributed by atoms with Crippen LogP contribution in [0.15, 0.2) is 24.3 Å². The average Bonchev–Trinajstić information content (AvgIpc) is 2.38. The monoisotopic (exact) mass is 250 g/mol. The van der Waals surface area contributed by atoms with Gasteiger partial charge >= 0.3 is 5.97 Å². The van der Waals surface area contributed by atoms with Crippen LogP contribution in [0.4, 0.5) is 0 Å². The van der Waals surface area contributed by atoms with Crippen molar-refractivity contribution in [2.24, 2.45) is 0 Å². The number of thioether (sulfide) groups is 1. The number of carboxylic acids is 1. The Morgan fingerprint density at radius 2 is 1.88 bits per heavy atom. The minimum Gasteiger partial charge on any atom is -0.481 e. The van der Waals surface area contributed by atoms with Gasteiger partial charge in [-0.15, -0.1) is 0 Å². The van der Waals surface area contributed by atoms with Gasteiger partial charge in [0.05, 0.1) is 0 Å². The summed E-state index contributed by atoms with van der Waals surface area (Å²) in [4.78, 5) is 10.5. The quantitative estimate of drug-likeness (QED) is 0.890. The number of aliphatic carboxylic acids is 1. The highest BCUT2D eigenvalue weighted by Crippen LogP contribution is 2.31. The molecule has 0 aromatic heterocycles. The van der Waals surface area contributed by atoms with Gasteiger partial charge in [-0.25, -0.2) is 0 Å². The lowest BCUT2D eigenvalue weighted by atomic mass is 9.92. The van der Waals surface area contributed by atoms with Gasteiger partial charge in [0.15, 0.2) is 0 Å². The number of carbonyl (C=O) groups is 1. The Morgan fingerprint density at radius 1 is 1.24 bits per heavy atom. The van der Waals surface area contributed by atoms with Crippen molar-refractivity contribution in [3.8, 4) is 0 Å². The van der Waals surface area contributed by atoms with E-state index in [-0.39, 0.29) is 6.42 Å². The molecule has 1 heterocycles. The van der Waals surface area contributed by atoms with Crippen LogP contribution in [0.5, 0.6) is 0 Å². The molecule has 1 aliphatic rings. The van der Waals surface area contributed by atoms with Crippen molar-refractivity contribution in [1.82, 2.24) is 0 Å². The minimum atomic E-state index is -0.724. The van der Waals surface area contributed by atoms with E-state index in [1.165, 1.54) is 29.9 Å². The maximum absolute atomic E-state index is 10.5. The molecule has 92 valence electrons. The number of benzene rings is 1. The van der Waals surface area contributed by atoms with E-state index in [0.29, 0.717) is 12.3 Å². The van der Waals surface area contributed by atoms with Gasteiger partial charge in [-0.05, 0) is 47.8 Å². The van der Waals surface area contributed by atoms with Gasteiger partial charge in [-0.1, -0.05) is 24.3 Å². The van der Waals surface area contributed by atoms with Gasteiger partial charge < -0.3 is 5.11 Å². The van der Waals surface area contributed by atoms with Crippen LogP contribution in [-0.4, -0.2) is 22.6 Å². The average molecular weight is 250 g/mol. The van der Waals surface area contributed by atoms with E-state index in [1.54, 1.807) is 0 Å². The van der Waals surface area contributed by atoms with Crippen LogP contribution >= 0.6 is 11.8 Å². The molecule has 1 aromatic carbocycles. The van der Waals surface area contributed by atoms with Crippen molar-refractivity contribution in [3.63, 3.8) is 0 Å². The standard InChI is InChI=1S/C14H18O2S/c15-14(16)6-3-11-1-4-12(5-2-11)13-7-9-17-10-8-13/h1-2,4-5,13H,3,6-10H2,(H,15,16). The molecule has 0 bridgehead atoms. The third kappa shape index (κ3) is 3.77. The molecule has 17 heavy (non-hydrogen) atoms. The van der Waals surface area contributed by atoms with E-state index in [0.717, 1.165) is 5.56 Å². The molecule has 2 nitrogen and oxygen atoms in total. The van der Waals surface area contributed by atoms with Gasteiger partial charge in [-0.3, -0.25) is 4.79 Å². The predicted molar refractivity (Wildman–Crippen MR) is 71.7 cm³/mol. The van der Waals surface area contributed by atoms with Crippen molar-refractivity contribution < 1.29 is 9.90 Å². The maximum atomic E-state index is 10.5. The zero-order valence-corrected chi connectivity index (χ0v) is 10.7. The molecule has 1 fully saturated rings. The molecule has 1 aliphatic heterocycles. The molecule has 0 radical (unpaired) electrons. The van der Waals surface area contributed by atoms with Gasteiger partial charge in [0.1, 0.15) is 0 Å². The van der Waals surface area contributed by atoms with E-state index in [9.17, 15) is 4.79 Å². The molecule has 0 saturated carbocycles. The second-order valence-electron chi connectivity index (χ2n) is 4.52. The van der Waals surface area contributed by atoms with Gasteiger partial charge in [0.25, 0.3) is 0 Å². The lowest BCUT2D eigenvalue weighted by Crippen LogP contribution is -2.07. The highest BCUT2D eigenvalue weighted by molar-refractivity contribution is 7.99. The highest BCUT2D eigenvalue weighted by Gasteiger charge is 2.15. The third-order valence-corrected chi connectivity index (χ3v) is 4.35. The Hall–Kier alpha value is -0.960. The SMILES string of the molecule is O=C(O)CCc1ccc(C2CCSCC2)cc1. The summed E-state index contributed by atoms with van der Waals surface area (Å²) in [6.45, 7) is 0. The number of hydrogen-bond donors (Lipinski definition) is 1. The summed E-state index contributed by atoms with van der Waals surface area (Å²) < 4.78 is 0. The van der Waals surface area contributed by atoms with Crippen LogP contribution in [0.1, 0.15) is 36.3 Å². The molecular weight excluding hydrogens is 232 g/mol. The van der Waals surface area contributed by atoms with Crippen LogP contribution in [0.3, 0.4) is 0 Å². The second kappa shape index (κ2) is 6.10. The van der Waals surface area contributed by atoms with Gasteiger partial charge in [-0.2, -0.15) is 11.8 Å². The van der Waals surface area contributed by atoms with Crippen LogP contribution < -0.4 is 0 Å². The van der Waals surface area contributed by atoms with E-state index < -0.39 is 5.97 Å². The van der Waals surface area contributed by atoms with Crippen LogP contribution in [0.25, 0.3) is 0 Å². The summed E-state index contributed by atoms with van der Waals surface area (Å²) in [7, 11) is 0. The Labute approximate surface area is 106 Å². The second-order valence-corrected chi connectivity index (χ2v) is 5.75. The molecular formula is C14H18O2S. The number of hydrogen-bond acceptors (Lipinski definition) is 2. The fourth-order valence-corrected chi connectivity index (χ4v) is 3.35. The smallest absolute Gasteiger partial charge is 0.303 e. The van der Waals surface area contributed by atoms with E-state index in [2.05, 4.69) is 24.3 Å². The summed E-state index contributed by atoms with van der Waals surface area (Å²) in [5, 5.41) is 8.63. The first-order valence-corrected chi connectivity index (χ1v) is 7.29. The first-order valence-electron chi connectivity index (χ1n) is 6.14. The van der Waals surface area contributed by atoms with E-state index >= 15 is 0 Å². The molecule has 1 aromatic rings. The zero-order chi connectivity index (χ0) is 12.1. The molecule has 0 unspecified atom stereocenters. The number of aryl methyl sites for hydroxylation is 1. The largest absolute Gasteiger partial charge is 0.481 e. The third-order valence-electron chi connectivity index (χ3n) is 3.30. The van der Waals surface area contributed by atoms with E-state index in [1.807, 2.05) is 11.8 Å². The first-order chi connectivity index (χ1) is 8.25. The summed E-state index contributed by atoms with van der Waals surface area (Å²) in [6, 6.07) is 8.52. The van der Waals surface area contributed by atoms with Crippen molar-refractivity contribution in [2.45, 2.75) is 31.6 Å². The molecule has 2 rings (SSSR count). The Kier molecular flexibility index (Phi) is 4.49. The Balaban J connectivity index is 1.94. The zero-order valence-electron chi connectivity index (χ0n) is 9.89. The Morgan fingerprint density at radius 3 is 2.47 bits per heavy atom. The maximum Gasteiger partial charge on any atom is 0.303 e. The molecule has 0 amide bonds. The van der Waals surface area contributed by atoms with Crippen molar-refractivity contribution in [3.05, 3.63) is 35.4 Å². The van der Waals surface area contributed by atoms with Gasteiger partial charge in [0, 0.05) is 6.42 Å². The Bertz CT molecular complexity index is 366. The fraction of sp³-hybridized carbons (Fsp3) is 0.500. The lowest BCUT2D eigenvalue weighted by molar-refractivity contribution is -0.136. The normalized spacial score (nSPS) is 16.9. The van der Waals surface area contributed by atoms with Gasteiger partial charge in [0.2, 0.25) is 0 Å². The summed E-state index contributed by atoms with van der Waals surface area (Å²) >= 11 is 2.04. The summed E-state index contributed by atoms with van der Waals surface area (Å²) in [5.74, 6) is 2.53. The topological polar surface area (TPSA) is 37.3 Å². The van der Waals surface area contributed by atoms with Crippen molar-refractivity contribution >= 4 is 17.7 Å². The lowest BCUT2D eigenvalue weighted by Gasteiger charge is -2.21. The molecule has 1 N–H and O–H groups in total. The number of rotatable bonds is 4. The molecule has 1 saturated heterocycles. The summed E-state index contributed by atoms with van der Waals surface area (Å²) in [6.07, 6.45) is 3.41. The predicted octanol–water partition coefficient (Wildman–Crippen LogP) is 3.31. The van der Waals surface area contributed by atoms with Crippen LogP contribution in [0.2, 0.25) is 0 Å².